The molecule has 2 heterocycles. The molecular weight excluding hydrogens is 492 g/mol. The SMILES string of the molecule is NC(=O)c1ccc(Nc2ncc3nnn(-c4cccc(CNC(=O)C56CC7CC(CC(C7)C5)C6)c4)c3n2)cc1. The Balaban J connectivity index is 1.08. The van der Waals surface area contributed by atoms with Crippen molar-refractivity contribution in [3.8, 4) is 5.69 Å². The molecule has 10 heteroatoms. The summed E-state index contributed by atoms with van der Waals surface area (Å²) < 4.78 is 1.67. The number of carbonyl (C=O) groups excluding carboxylic acids is 2. The van der Waals surface area contributed by atoms with Gasteiger partial charge in [-0.15, -0.1) is 5.10 Å². The molecule has 0 aliphatic heterocycles. The number of aromatic nitrogens is 5. The molecule has 2 aromatic heterocycles. The summed E-state index contributed by atoms with van der Waals surface area (Å²) in [7, 11) is 0. The van der Waals surface area contributed by atoms with E-state index in [2.05, 4.69) is 30.9 Å². The highest BCUT2D eigenvalue weighted by molar-refractivity contribution is 5.93. The lowest BCUT2D eigenvalue weighted by Gasteiger charge is -2.55. The van der Waals surface area contributed by atoms with Gasteiger partial charge in [0.15, 0.2) is 11.2 Å². The fourth-order valence-corrected chi connectivity index (χ4v) is 7.37. The number of rotatable bonds is 7. The molecule has 4 aliphatic rings. The van der Waals surface area contributed by atoms with E-state index < -0.39 is 5.91 Å². The minimum Gasteiger partial charge on any atom is -0.366 e. The van der Waals surface area contributed by atoms with Crippen LogP contribution >= 0.6 is 0 Å². The molecule has 4 aliphatic carbocycles. The van der Waals surface area contributed by atoms with E-state index in [1.165, 1.54) is 19.3 Å². The molecule has 2 amide bonds. The van der Waals surface area contributed by atoms with Crippen LogP contribution in [0.1, 0.15) is 54.4 Å². The van der Waals surface area contributed by atoms with Gasteiger partial charge in [-0.1, -0.05) is 17.3 Å². The van der Waals surface area contributed by atoms with E-state index in [1.807, 2.05) is 24.3 Å². The number of anilines is 2. The van der Waals surface area contributed by atoms with Crippen LogP contribution in [0.3, 0.4) is 0 Å². The maximum Gasteiger partial charge on any atom is 0.248 e. The third kappa shape index (κ3) is 4.39. The summed E-state index contributed by atoms with van der Waals surface area (Å²) in [4.78, 5) is 33.7. The molecule has 198 valence electrons. The summed E-state index contributed by atoms with van der Waals surface area (Å²) in [6, 6.07) is 14.7. The van der Waals surface area contributed by atoms with Crippen molar-refractivity contribution in [2.75, 3.05) is 5.32 Å². The Kier molecular flexibility index (Phi) is 5.57. The van der Waals surface area contributed by atoms with E-state index >= 15 is 0 Å². The van der Waals surface area contributed by atoms with Crippen LogP contribution in [0.15, 0.2) is 54.7 Å². The van der Waals surface area contributed by atoms with Gasteiger partial charge >= 0.3 is 0 Å². The van der Waals surface area contributed by atoms with E-state index in [4.69, 9.17) is 5.73 Å². The smallest absolute Gasteiger partial charge is 0.248 e. The lowest BCUT2D eigenvalue weighted by molar-refractivity contribution is -0.146. The van der Waals surface area contributed by atoms with E-state index in [1.54, 1.807) is 35.1 Å². The molecule has 0 saturated heterocycles. The van der Waals surface area contributed by atoms with E-state index in [-0.39, 0.29) is 11.3 Å². The van der Waals surface area contributed by atoms with Gasteiger partial charge in [-0.3, -0.25) is 9.59 Å². The van der Waals surface area contributed by atoms with Crippen LogP contribution in [-0.4, -0.2) is 36.8 Å². The van der Waals surface area contributed by atoms with Crippen molar-refractivity contribution in [1.82, 2.24) is 30.3 Å². The maximum absolute atomic E-state index is 13.4. The maximum atomic E-state index is 13.4. The molecule has 10 nitrogen and oxygen atoms in total. The normalized spacial score (nSPS) is 25.1. The van der Waals surface area contributed by atoms with E-state index in [0.717, 1.165) is 54.0 Å². The molecule has 4 N–H and O–H groups in total. The highest BCUT2D eigenvalue weighted by Crippen LogP contribution is 2.60. The van der Waals surface area contributed by atoms with E-state index in [9.17, 15) is 9.59 Å². The third-order valence-electron chi connectivity index (χ3n) is 8.75. The minimum absolute atomic E-state index is 0.158. The standard InChI is InChI=1S/C29H30N8O2/c30-25(38)21-4-6-22(7-5-21)33-28-32-16-24-26(34-28)37(36-35-24)23-3-1-2-17(11-23)15-31-27(39)29-12-18-8-19(13-29)10-20(9-18)14-29/h1-7,11,16,18-20H,8-10,12-15H2,(H2,30,38)(H,31,39)(H,32,33,34). The second-order valence-corrected chi connectivity index (χ2v) is 11.5. The lowest BCUT2D eigenvalue weighted by atomic mass is 9.49. The Morgan fingerprint density at radius 2 is 1.72 bits per heavy atom. The van der Waals surface area contributed by atoms with Gasteiger partial charge in [0.25, 0.3) is 0 Å². The number of primary amides is 1. The fourth-order valence-electron chi connectivity index (χ4n) is 7.37. The molecule has 8 rings (SSSR count). The van der Waals surface area contributed by atoms with Crippen LogP contribution in [0.25, 0.3) is 16.9 Å². The average molecular weight is 523 g/mol. The largest absolute Gasteiger partial charge is 0.366 e. The van der Waals surface area contributed by atoms with Crippen LogP contribution in [0.4, 0.5) is 11.6 Å². The van der Waals surface area contributed by atoms with Crippen molar-refractivity contribution in [3.05, 3.63) is 65.9 Å². The number of hydrogen-bond acceptors (Lipinski definition) is 7. The first-order valence-electron chi connectivity index (χ1n) is 13.6. The first-order valence-corrected chi connectivity index (χ1v) is 13.6. The number of nitrogens with zero attached hydrogens (tertiary/aromatic N) is 5. The molecule has 0 unspecified atom stereocenters. The highest BCUT2D eigenvalue weighted by atomic mass is 16.2. The number of carbonyl (C=O) groups is 2. The summed E-state index contributed by atoms with van der Waals surface area (Å²) in [5.74, 6) is 2.33. The lowest BCUT2D eigenvalue weighted by Crippen LogP contribution is -2.53. The van der Waals surface area contributed by atoms with Gasteiger partial charge in [0.1, 0.15) is 0 Å². The summed E-state index contributed by atoms with van der Waals surface area (Å²) in [5.41, 5.74) is 9.22. The number of nitrogens with one attached hydrogen (secondary N) is 2. The van der Waals surface area contributed by atoms with Crippen molar-refractivity contribution in [2.45, 2.75) is 45.1 Å². The molecule has 0 spiro atoms. The zero-order chi connectivity index (χ0) is 26.6. The number of nitrogens with two attached hydrogens (primary N) is 1. The number of fused-ring (bicyclic) bond motifs is 1. The van der Waals surface area contributed by atoms with E-state index in [0.29, 0.717) is 29.2 Å². The Bertz CT molecular complexity index is 1540. The van der Waals surface area contributed by atoms with Gasteiger partial charge in [0, 0.05) is 23.2 Å². The predicted octanol–water partition coefficient (Wildman–Crippen LogP) is 3.89. The second kappa shape index (κ2) is 9.14. The average Bonchev–Trinajstić information content (AvgIpc) is 3.35. The summed E-state index contributed by atoms with van der Waals surface area (Å²) >= 11 is 0. The fraction of sp³-hybridized carbons (Fsp3) is 0.379. The summed E-state index contributed by atoms with van der Waals surface area (Å²) in [6.07, 6.45) is 8.75. The molecule has 0 radical (unpaired) electrons. The first kappa shape index (κ1) is 23.8. The molecule has 4 aromatic rings. The summed E-state index contributed by atoms with van der Waals surface area (Å²) in [6.45, 7) is 0.476. The van der Waals surface area contributed by atoms with Crippen LogP contribution < -0.4 is 16.4 Å². The molecule has 0 atom stereocenters. The molecule has 4 bridgehead atoms. The quantitative estimate of drug-likeness (QED) is 0.334. The highest BCUT2D eigenvalue weighted by Gasteiger charge is 2.54. The van der Waals surface area contributed by atoms with Crippen molar-refractivity contribution in [1.29, 1.82) is 0 Å². The van der Waals surface area contributed by atoms with Gasteiger partial charge < -0.3 is 16.4 Å². The molecule has 4 fully saturated rings. The van der Waals surface area contributed by atoms with Crippen LogP contribution in [-0.2, 0) is 11.3 Å². The van der Waals surface area contributed by atoms with Crippen molar-refractivity contribution in [3.63, 3.8) is 0 Å². The van der Waals surface area contributed by atoms with Crippen LogP contribution in [0.5, 0.6) is 0 Å². The Hall–Kier alpha value is -4.34. The number of amides is 2. The number of hydrogen-bond donors (Lipinski definition) is 3. The Morgan fingerprint density at radius 3 is 2.41 bits per heavy atom. The monoisotopic (exact) mass is 522 g/mol. The zero-order valence-electron chi connectivity index (χ0n) is 21.5. The first-order chi connectivity index (χ1) is 18.9. The molecule has 39 heavy (non-hydrogen) atoms. The third-order valence-corrected chi connectivity index (χ3v) is 8.75. The van der Waals surface area contributed by atoms with Crippen molar-refractivity contribution < 1.29 is 9.59 Å². The molecule has 2 aromatic carbocycles. The molecular formula is C29H30N8O2. The van der Waals surface area contributed by atoms with Gasteiger partial charge in [0.05, 0.1) is 11.9 Å². The van der Waals surface area contributed by atoms with Crippen LogP contribution in [0, 0.1) is 23.2 Å². The molecule has 4 saturated carbocycles. The van der Waals surface area contributed by atoms with Crippen molar-refractivity contribution in [2.24, 2.45) is 28.9 Å². The Morgan fingerprint density at radius 1 is 1.00 bits per heavy atom. The van der Waals surface area contributed by atoms with Crippen molar-refractivity contribution >= 4 is 34.6 Å². The van der Waals surface area contributed by atoms with Gasteiger partial charge in [0.2, 0.25) is 17.8 Å². The predicted molar refractivity (Wildman–Crippen MR) is 145 cm³/mol. The zero-order valence-corrected chi connectivity index (χ0v) is 21.5. The van der Waals surface area contributed by atoms with Gasteiger partial charge in [-0.05, 0) is 98.2 Å². The van der Waals surface area contributed by atoms with Gasteiger partial charge in [-0.25, -0.2) is 4.98 Å². The summed E-state index contributed by atoms with van der Waals surface area (Å²) in [5, 5.41) is 14.9. The topological polar surface area (TPSA) is 141 Å². The number of benzene rings is 2. The minimum atomic E-state index is -0.483. The van der Waals surface area contributed by atoms with Crippen LogP contribution in [0.2, 0.25) is 0 Å². The second-order valence-electron chi connectivity index (χ2n) is 11.5. The van der Waals surface area contributed by atoms with Gasteiger partial charge in [-0.2, -0.15) is 9.67 Å². The Labute approximate surface area is 225 Å².